The van der Waals surface area contributed by atoms with Crippen molar-refractivity contribution in [3.8, 4) is 0 Å². The Morgan fingerprint density at radius 3 is 2.49 bits per heavy atom. The summed E-state index contributed by atoms with van der Waals surface area (Å²) in [4.78, 5) is 37.4. The topological polar surface area (TPSA) is 102 Å². The van der Waals surface area contributed by atoms with Gasteiger partial charge in [0.2, 0.25) is 11.9 Å². The fourth-order valence-electron chi connectivity index (χ4n) is 4.85. The second-order valence-corrected chi connectivity index (χ2v) is 10.7. The van der Waals surface area contributed by atoms with Gasteiger partial charge < -0.3 is 25.8 Å². The molecule has 0 bridgehead atoms. The molecule has 2 aliphatic rings. The van der Waals surface area contributed by atoms with Crippen LogP contribution >= 0.6 is 11.6 Å². The first-order valence-corrected chi connectivity index (χ1v) is 13.4. The maximum Gasteiger partial charge on any atom is 0.421 e. The van der Waals surface area contributed by atoms with Gasteiger partial charge in [0, 0.05) is 50.1 Å². The molecule has 9 nitrogen and oxygen atoms in total. The molecule has 1 aliphatic heterocycles. The minimum absolute atomic E-state index is 0.0746. The third kappa shape index (κ3) is 7.10. The Hall–Kier alpha value is -3.12. The smallest absolute Gasteiger partial charge is 0.366 e. The van der Waals surface area contributed by atoms with Crippen LogP contribution in [0.1, 0.15) is 49.0 Å². The number of benzene rings is 1. The molecule has 0 radical (unpaired) electrons. The number of nitrogens with zero attached hydrogens (tertiary/aromatic N) is 4. The molecule has 4 rings (SSSR count). The zero-order chi connectivity index (χ0) is 28.3. The van der Waals surface area contributed by atoms with Crippen LogP contribution in [0.15, 0.2) is 24.4 Å². The largest absolute Gasteiger partial charge is 0.421 e. The maximum atomic E-state index is 13.8. The van der Waals surface area contributed by atoms with Crippen molar-refractivity contribution in [2.75, 3.05) is 43.9 Å². The van der Waals surface area contributed by atoms with Crippen molar-refractivity contribution in [1.29, 1.82) is 0 Å². The molecule has 1 aromatic heterocycles. The van der Waals surface area contributed by atoms with Gasteiger partial charge >= 0.3 is 6.18 Å². The number of alkyl halides is 3. The number of hydrogen-bond donors (Lipinski definition) is 3. The molecule has 0 spiro atoms. The number of aromatic nitrogens is 2. The van der Waals surface area contributed by atoms with Crippen molar-refractivity contribution in [1.82, 2.24) is 25.1 Å². The molecular weight excluding hydrogens is 535 g/mol. The van der Waals surface area contributed by atoms with Crippen molar-refractivity contribution >= 4 is 40.9 Å². The first-order chi connectivity index (χ1) is 18.4. The zero-order valence-electron chi connectivity index (χ0n) is 22.1. The normalized spacial score (nSPS) is 20.3. The van der Waals surface area contributed by atoms with Gasteiger partial charge in [0.15, 0.2) is 0 Å². The monoisotopic (exact) mass is 567 g/mol. The van der Waals surface area contributed by atoms with Crippen molar-refractivity contribution in [2.24, 2.45) is 5.92 Å². The summed E-state index contributed by atoms with van der Waals surface area (Å²) in [6.07, 6.45) is -2.15. The molecule has 2 aromatic rings. The summed E-state index contributed by atoms with van der Waals surface area (Å²) in [5.74, 6) is -1.32. The summed E-state index contributed by atoms with van der Waals surface area (Å²) in [6, 6.07) is 4.12. The zero-order valence-corrected chi connectivity index (χ0v) is 22.9. The third-order valence-electron chi connectivity index (χ3n) is 6.95. The molecule has 212 valence electrons. The second kappa shape index (κ2) is 12.0. The molecule has 1 saturated heterocycles. The molecule has 0 unspecified atom stereocenters. The molecule has 2 atom stereocenters. The summed E-state index contributed by atoms with van der Waals surface area (Å²) < 4.78 is 41.3. The highest BCUT2D eigenvalue weighted by atomic mass is 35.5. The third-order valence-corrected chi connectivity index (χ3v) is 7.26. The van der Waals surface area contributed by atoms with Crippen LogP contribution in [-0.2, 0) is 11.0 Å². The average molecular weight is 568 g/mol. The molecule has 1 saturated carbocycles. The van der Waals surface area contributed by atoms with Crippen LogP contribution in [-0.4, -0.2) is 76.9 Å². The van der Waals surface area contributed by atoms with E-state index in [-0.39, 0.29) is 28.8 Å². The van der Waals surface area contributed by atoms with E-state index >= 15 is 0 Å². The van der Waals surface area contributed by atoms with Gasteiger partial charge in [-0.2, -0.15) is 18.2 Å². The minimum Gasteiger partial charge on any atom is -0.366 e. The summed E-state index contributed by atoms with van der Waals surface area (Å²) in [5, 5.41) is 8.79. The van der Waals surface area contributed by atoms with Gasteiger partial charge in [-0.25, -0.2) is 4.98 Å². The Morgan fingerprint density at radius 2 is 1.85 bits per heavy atom. The fourth-order valence-corrected chi connectivity index (χ4v) is 5.11. The number of likely N-dealkylation sites (N-methyl/N-ethyl adjacent to an activating group) is 1. The van der Waals surface area contributed by atoms with Gasteiger partial charge in [0.1, 0.15) is 11.4 Å². The number of piperazine rings is 1. The lowest BCUT2D eigenvalue weighted by Crippen LogP contribution is -2.47. The van der Waals surface area contributed by atoms with E-state index in [9.17, 15) is 22.8 Å². The molecule has 2 heterocycles. The van der Waals surface area contributed by atoms with E-state index in [4.69, 9.17) is 11.6 Å². The van der Waals surface area contributed by atoms with Gasteiger partial charge in [-0.3, -0.25) is 9.59 Å². The number of hydrogen-bond acceptors (Lipinski definition) is 7. The number of anilines is 3. The number of halogens is 4. The number of rotatable bonds is 7. The molecule has 1 aliphatic carbocycles. The van der Waals surface area contributed by atoms with E-state index < -0.39 is 29.5 Å². The number of amides is 2. The lowest BCUT2D eigenvalue weighted by atomic mass is 10.0. The maximum absolute atomic E-state index is 13.8. The van der Waals surface area contributed by atoms with Crippen LogP contribution < -0.4 is 16.0 Å². The van der Waals surface area contributed by atoms with Crippen LogP contribution in [0.3, 0.4) is 0 Å². The highest BCUT2D eigenvalue weighted by molar-refractivity contribution is 6.34. The van der Waals surface area contributed by atoms with Crippen molar-refractivity contribution in [3.05, 3.63) is 40.5 Å². The number of carbonyl (C=O) groups excluding carboxylic acids is 2. The standard InChI is InChI=1S/C26H33ClF3N7O2/c1-15(2)32-23(38)18-5-4-6-21(18)34-22-19(26(28,29)30)14-31-25(35-22)33-16-7-8-17(20(27)13-16)24(39)37-11-9-36(3)10-12-37/h7-8,13-15,18,21H,4-6,9-12H2,1-3H3,(H,32,38)(H2,31,33,34,35)/t18-,21-/m0/s1. The highest BCUT2D eigenvalue weighted by Gasteiger charge is 2.39. The summed E-state index contributed by atoms with van der Waals surface area (Å²) in [5.41, 5.74) is -0.265. The Balaban J connectivity index is 1.52. The van der Waals surface area contributed by atoms with Crippen LogP contribution in [0.4, 0.5) is 30.6 Å². The molecule has 39 heavy (non-hydrogen) atoms. The fraction of sp³-hybridized carbons (Fsp3) is 0.538. The van der Waals surface area contributed by atoms with E-state index in [1.54, 1.807) is 17.0 Å². The van der Waals surface area contributed by atoms with Gasteiger partial charge in [-0.05, 0) is 51.9 Å². The van der Waals surface area contributed by atoms with Gasteiger partial charge in [0.05, 0.1) is 16.5 Å². The Kier molecular flexibility index (Phi) is 8.85. The van der Waals surface area contributed by atoms with E-state index in [0.29, 0.717) is 49.8 Å². The molecular formula is C26H33ClF3N7O2. The van der Waals surface area contributed by atoms with Gasteiger partial charge in [0.25, 0.3) is 5.91 Å². The quantitative estimate of drug-likeness (QED) is 0.456. The van der Waals surface area contributed by atoms with Crippen LogP contribution in [0.2, 0.25) is 5.02 Å². The lowest BCUT2D eigenvalue weighted by molar-refractivity contribution is -0.137. The minimum atomic E-state index is -4.69. The number of nitrogens with one attached hydrogen (secondary N) is 3. The molecule has 13 heteroatoms. The second-order valence-electron chi connectivity index (χ2n) is 10.3. The Morgan fingerprint density at radius 1 is 1.13 bits per heavy atom. The van der Waals surface area contributed by atoms with Gasteiger partial charge in [-0.15, -0.1) is 0 Å². The Labute approximate surface area is 230 Å². The van der Waals surface area contributed by atoms with Crippen molar-refractivity contribution in [2.45, 2.75) is 51.4 Å². The highest BCUT2D eigenvalue weighted by Crippen LogP contribution is 2.37. The van der Waals surface area contributed by atoms with E-state index in [1.165, 1.54) is 6.07 Å². The van der Waals surface area contributed by atoms with Crippen LogP contribution in [0.25, 0.3) is 0 Å². The SMILES string of the molecule is CC(C)NC(=O)[C@H]1CCC[C@@H]1Nc1nc(Nc2ccc(C(=O)N3CCN(C)CC3)c(Cl)c2)ncc1C(F)(F)F. The van der Waals surface area contributed by atoms with Crippen molar-refractivity contribution < 1.29 is 22.8 Å². The summed E-state index contributed by atoms with van der Waals surface area (Å²) >= 11 is 6.41. The van der Waals surface area contributed by atoms with E-state index in [0.717, 1.165) is 13.1 Å². The molecule has 3 N–H and O–H groups in total. The summed E-state index contributed by atoms with van der Waals surface area (Å²) in [7, 11) is 2.00. The molecule has 1 aromatic carbocycles. The van der Waals surface area contributed by atoms with Crippen LogP contribution in [0, 0.1) is 5.92 Å². The predicted molar refractivity (Wildman–Crippen MR) is 143 cm³/mol. The molecule has 2 amide bonds. The van der Waals surface area contributed by atoms with Gasteiger partial charge in [-0.1, -0.05) is 18.0 Å². The van der Waals surface area contributed by atoms with Crippen LogP contribution in [0.5, 0.6) is 0 Å². The molecule has 2 fully saturated rings. The predicted octanol–water partition coefficient (Wildman–Crippen LogP) is 4.39. The first kappa shape index (κ1) is 28.9. The van der Waals surface area contributed by atoms with Crippen molar-refractivity contribution in [3.63, 3.8) is 0 Å². The first-order valence-electron chi connectivity index (χ1n) is 13.0. The summed E-state index contributed by atoms with van der Waals surface area (Å²) in [6.45, 7) is 6.41. The number of carbonyl (C=O) groups is 2. The van der Waals surface area contributed by atoms with E-state index in [2.05, 4.69) is 30.8 Å². The van der Waals surface area contributed by atoms with E-state index in [1.807, 2.05) is 20.9 Å². The Bertz CT molecular complexity index is 1200. The lowest BCUT2D eigenvalue weighted by Gasteiger charge is -2.32. The average Bonchev–Trinajstić information content (AvgIpc) is 3.31.